The average molecular weight is 437 g/mol. The van der Waals surface area contributed by atoms with E-state index in [2.05, 4.69) is 21.3 Å². The third kappa shape index (κ3) is 5.03. The Hall–Kier alpha value is -3.09. The monoisotopic (exact) mass is 436 g/mol. The molecule has 2 unspecified atom stereocenters. The number of hydrogen-bond acceptors (Lipinski definition) is 5. The molecular formula is C25H32N4O3. The van der Waals surface area contributed by atoms with Crippen molar-refractivity contribution < 1.29 is 14.3 Å². The summed E-state index contributed by atoms with van der Waals surface area (Å²) in [6.07, 6.45) is 3.17. The number of aromatic nitrogens is 1. The van der Waals surface area contributed by atoms with Crippen molar-refractivity contribution in [1.82, 2.24) is 9.88 Å². The number of nitrogens with one attached hydrogen (secondary N) is 1. The summed E-state index contributed by atoms with van der Waals surface area (Å²) >= 11 is 0. The largest absolute Gasteiger partial charge is 0.444 e. The first-order valence-corrected chi connectivity index (χ1v) is 11.1. The molecule has 2 atom stereocenters. The quantitative estimate of drug-likeness (QED) is 0.778. The zero-order valence-electron chi connectivity index (χ0n) is 19.5. The van der Waals surface area contributed by atoms with Crippen LogP contribution in [0, 0.1) is 25.7 Å². The molecule has 2 aliphatic heterocycles. The number of carbonyl (C=O) groups is 2. The van der Waals surface area contributed by atoms with E-state index in [1.54, 1.807) is 12.4 Å². The minimum atomic E-state index is -0.482. The van der Waals surface area contributed by atoms with Gasteiger partial charge in [0.15, 0.2) is 0 Å². The van der Waals surface area contributed by atoms with Gasteiger partial charge in [0.05, 0.1) is 17.4 Å². The molecule has 3 heterocycles. The smallest absolute Gasteiger partial charge is 0.410 e. The van der Waals surface area contributed by atoms with Gasteiger partial charge in [0.2, 0.25) is 0 Å². The minimum Gasteiger partial charge on any atom is -0.444 e. The molecule has 4 rings (SSSR count). The van der Waals surface area contributed by atoms with Gasteiger partial charge in [-0.1, -0.05) is 6.07 Å². The van der Waals surface area contributed by atoms with Crippen molar-refractivity contribution >= 4 is 23.4 Å². The van der Waals surface area contributed by atoms with Gasteiger partial charge in [-0.05, 0) is 63.9 Å². The van der Waals surface area contributed by atoms with Crippen LogP contribution in [0.25, 0.3) is 0 Å². The van der Waals surface area contributed by atoms with Crippen molar-refractivity contribution in [1.29, 1.82) is 0 Å². The van der Waals surface area contributed by atoms with E-state index in [1.807, 2.05) is 57.7 Å². The Morgan fingerprint density at radius 1 is 0.969 bits per heavy atom. The van der Waals surface area contributed by atoms with E-state index in [-0.39, 0.29) is 12.0 Å². The lowest BCUT2D eigenvalue weighted by Gasteiger charge is -2.26. The highest BCUT2D eigenvalue weighted by Gasteiger charge is 2.42. The van der Waals surface area contributed by atoms with Gasteiger partial charge in [-0.15, -0.1) is 0 Å². The van der Waals surface area contributed by atoms with Crippen molar-refractivity contribution in [3.8, 4) is 0 Å². The number of aryl methyl sites for hydroxylation is 2. The van der Waals surface area contributed by atoms with Crippen molar-refractivity contribution in [3.05, 3.63) is 53.3 Å². The Morgan fingerprint density at radius 2 is 1.59 bits per heavy atom. The van der Waals surface area contributed by atoms with Gasteiger partial charge in [0.1, 0.15) is 5.60 Å². The number of pyridine rings is 1. The maximum absolute atomic E-state index is 12.8. The second kappa shape index (κ2) is 8.45. The molecular weight excluding hydrogens is 404 g/mol. The normalized spacial score (nSPS) is 20.3. The summed E-state index contributed by atoms with van der Waals surface area (Å²) in [4.78, 5) is 33.6. The third-order valence-electron chi connectivity index (χ3n) is 5.97. The molecule has 1 aromatic heterocycles. The van der Waals surface area contributed by atoms with Gasteiger partial charge in [0.25, 0.3) is 5.91 Å². The minimum absolute atomic E-state index is 0.167. The van der Waals surface area contributed by atoms with Crippen molar-refractivity contribution in [2.24, 2.45) is 11.8 Å². The number of ether oxygens (including phenoxy) is 1. The second-order valence-corrected chi connectivity index (χ2v) is 10.1. The Balaban J connectivity index is 1.39. The zero-order chi connectivity index (χ0) is 23.0. The van der Waals surface area contributed by atoms with Crippen LogP contribution in [0.1, 0.15) is 42.3 Å². The van der Waals surface area contributed by atoms with E-state index in [4.69, 9.17) is 4.74 Å². The molecule has 1 aromatic carbocycles. The van der Waals surface area contributed by atoms with E-state index in [9.17, 15) is 9.59 Å². The van der Waals surface area contributed by atoms with E-state index < -0.39 is 5.60 Å². The van der Waals surface area contributed by atoms with Crippen LogP contribution in [0.15, 0.2) is 36.7 Å². The molecule has 0 saturated carbocycles. The molecule has 2 aromatic rings. The highest BCUT2D eigenvalue weighted by molar-refractivity contribution is 6.04. The van der Waals surface area contributed by atoms with Crippen molar-refractivity contribution in [3.63, 3.8) is 0 Å². The van der Waals surface area contributed by atoms with Gasteiger partial charge in [-0.3, -0.25) is 9.78 Å². The second-order valence-electron chi connectivity index (χ2n) is 10.1. The molecule has 0 radical (unpaired) electrons. The van der Waals surface area contributed by atoms with Crippen molar-refractivity contribution in [2.75, 3.05) is 36.4 Å². The summed E-state index contributed by atoms with van der Waals surface area (Å²) < 4.78 is 5.52. The lowest BCUT2D eigenvalue weighted by molar-refractivity contribution is 0.0282. The SMILES string of the molecule is Cc1cc(C)cc(NC(=O)c2cncc(N3CC4CN(C(=O)OC(C)(C)C)CC4C3)c2)c1. The third-order valence-corrected chi connectivity index (χ3v) is 5.97. The zero-order valence-corrected chi connectivity index (χ0v) is 19.5. The first kappa shape index (κ1) is 22.1. The molecule has 2 saturated heterocycles. The number of anilines is 2. The van der Waals surface area contributed by atoms with Crippen LogP contribution in [-0.4, -0.2) is 53.7 Å². The number of amides is 2. The molecule has 2 fully saturated rings. The van der Waals surface area contributed by atoms with Crippen LogP contribution in [-0.2, 0) is 4.74 Å². The average Bonchev–Trinajstić information content (AvgIpc) is 3.25. The fraction of sp³-hybridized carbons (Fsp3) is 0.480. The molecule has 32 heavy (non-hydrogen) atoms. The van der Waals surface area contributed by atoms with Gasteiger partial charge in [-0.2, -0.15) is 0 Å². The highest BCUT2D eigenvalue weighted by atomic mass is 16.6. The molecule has 0 spiro atoms. The summed E-state index contributed by atoms with van der Waals surface area (Å²) in [6.45, 7) is 12.8. The molecule has 0 bridgehead atoms. The van der Waals surface area contributed by atoms with Crippen LogP contribution in [0.4, 0.5) is 16.2 Å². The number of fused-ring (bicyclic) bond motifs is 1. The Bertz CT molecular complexity index is 996. The van der Waals surface area contributed by atoms with E-state index in [0.717, 1.165) is 35.6 Å². The first-order chi connectivity index (χ1) is 15.1. The van der Waals surface area contributed by atoms with Gasteiger partial charge < -0.3 is 19.9 Å². The number of carbonyl (C=O) groups excluding carboxylic acids is 2. The van der Waals surface area contributed by atoms with Crippen LogP contribution >= 0.6 is 0 Å². The summed E-state index contributed by atoms with van der Waals surface area (Å²) in [5, 5.41) is 2.98. The summed E-state index contributed by atoms with van der Waals surface area (Å²) in [5.74, 6) is 0.630. The number of nitrogens with zero attached hydrogens (tertiary/aromatic N) is 3. The molecule has 0 aliphatic carbocycles. The molecule has 1 N–H and O–H groups in total. The van der Waals surface area contributed by atoms with Crippen molar-refractivity contribution in [2.45, 2.75) is 40.2 Å². The Morgan fingerprint density at radius 3 is 2.19 bits per heavy atom. The van der Waals surface area contributed by atoms with Crippen LogP contribution in [0.2, 0.25) is 0 Å². The van der Waals surface area contributed by atoms with E-state index in [0.29, 0.717) is 30.5 Å². The molecule has 7 heteroatoms. The topological polar surface area (TPSA) is 74.8 Å². The Kier molecular flexibility index (Phi) is 5.84. The number of benzene rings is 1. The first-order valence-electron chi connectivity index (χ1n) is 11.1. The summed E-state index contributed by atoms with van der Waals surface area (Å²) in [5.41, 5.74) is 4.00. The fourth-order valence-corrected chi connectivity index (χ4v) is 4.65. The summed E-state index contributed by atoms with van der Waals surface area (Å²) in [6, 6.07) is 7.89. The number of likely N-dealkylation sites (tertiary alicyclic amines) is 1. The maximum atomic E-state index is 12.8. The molecule has 7 nitrogen and oxygen atoms in total. The predicted octanol–water partition coefficient (Wildman–Crippen LogP) is 4.25. The number of rotatable bonds is 3. The lowest BCUT2D eigenvalue weighted by Crippen LogP contribution is -2.37. The number of hydrogen-bond donors (Lipinski definition) is 1. The fourth-order valence-electron chi connectivity index (χ4n) is 4.65. The lowest BCUT2D eigenvalue weighted by atomic mass is 10.0. The summed E-state index contributed by atoms with van der Waals surface area (Å²) in [7, 11) is 0. The molecule has 2 aliphatic rings. The van der Waals surface area contributed by atoms with E-state index in [1.165, 1.54) is 0 Å². The van der Waals surface area contributed by atoms with Gasteiger partial charge in [-0.25, -0.2) is 4.79 Å². The maximum Gasteiger partial charge on any atom is 0.410 e. The van der Waals surface area contributed by atoms with Crippen LogP contribution in [0.3, 0.4) is 0 Å². The molecule has 170 valence electrons. The highest BCUT2D eigenvalue weighted by Crippen LogP contribution is 2.34. The Labute approximate surface area is 189 Å². The standard InChI is InChI=1S/C25H32N4O3/c1-16-6-17(2)8-21(7-16)27-23(30)18-9-22(11-26-10-18)28-12-19-14-29(15-20(19)13-28)24(31)32-25(3,4)5/h6-11,19-20H,12-15H2,1-5H3,(H,27,30). The van der Waals surface area contributed by atoms with Gasteiger partial charge >= 0.3 is 6.09 Å². The van der Waals surface area contributed by atoms with Crippen LogP contribution < -0.4 is 10.2 Å². The van der Waals surface area contributed by atoms with Crippen LogP contribution in [0.5, 0.6) is 0 Å². The van der Waals surface area contributed by atoms with Gasteiger partial charge in [0, 0.05) is 49.9 Å². The molecule has 2 amide bonds. The predicted molar refractivity (Wildman–Crippen MR) is 125 cm³/mol. The van der Waals surface area contributed by atoms with E-state index >= 15 is 0 Å².